The summed E-state index contributed by atoms with van der Waals surface area (Å²) < 4.78 is 68.9. The molecule has 1 aliphatic heterocycles. The first-order valence-electron chi connectivity index (χ1n) is 10.3. The van der Waals surface area contributed by atoms with Crippen LogP contribution in [0.1, 0.15) is 22.8 Å². The molecular weight excluding hydrogens is 457 g/mol. The largest absolute Gasteiger partial charge is 0.417 e. The van der Waals surface area contributed by atoms with Crippen LogP contribution >= 0.6 is 0 Å². The zero-order valence-electron chi connectivity index (χ0n) is 18.3. The highest BCUT2D eigenvalue weighted by atomic mass is 32.2. The molecule has 0 radical (unpaired) electrons. The predicted octanol–water partition coefficient (Wildman–Crippen LogP) is 3.12. The van der Waals surface area contributed by atoms with Crippen LogP contribution < -0.4 is 4.90 Å². The molecule has 0 saturated carbocycles. The number of aromatic nitrogens is 4. The number of sulfonamides is 1. The second-order valence-corrected chi connectivity index (χ2v) is 9.76. The van der Waals surface area contributed by atoms with Gasteiger partial charge in [-0.2, -0.15) is 22.6 Å². The van der Waals surface area contributed by atoms with Crippen molar-refractivity contribution in [2.24, 2.45) is 0 Å². The van der Waals surface area contributed by atoms with Crippen LogP contribution in [0, 0.1) is 20.8 Å². The summed E-state index contributed by atoms with van der Waals surface area (Å²) in [5.41, 5.74) is 0.604. The van der Waals surface area contributed by atoms with E-state index in [2.05, 4.69) is 15.1 Å². The number of nitrogens with zero attached hydrogens (tertiary/aromatic N) is 6. The van der Waals surface area contributed by atoms with Gasteiger partial charge >= 0.3 is 6.18 Å². The lowest BCUT2D eigenvalue weighted by Crippen LogP contribution is -2.49. The Hall–Kier alpha value is -2.99. The van der Waals surface area contributed by atoms with E-state index in [-0.39, 0.29) is 26.2 Å². The summed E-state index contributed by atoms with van der Waals surface area (Å²) >= 11 is 0. The zero-order chi connectivity index (χ0) is 24.0. The third kappa shape index (κ3) is 4.58. The minimum atomic E-state index is -4.76. The first kappa shape index (κ1) is 23.2. The summed E-state index contributed by atoms with van der Waals surface area (Å²) in [6.07, 6.45) is -4.76. The third-order valence-corrected chi connectivity index (χ3v) is 7.37. The van der Waals surface area contributed by atoms with Crippen LogP contribution in [0.5, 0.6) is 0 Å². The number of rotatable bonds is 4. The maximum absolute atomic E-state index is 13.4. The molecule has 4 rings (SSSR count). The van der Waals surface area contributed by atoms with Gasteiger partial charge in [0.15, 0.2) is 5.82 Å². The van der Waals surface area contributed by atoms with Crippen LogP contribution in [-0.2, 0) is 16.2 Å². The van der Waals surface area contributed by atoms with Gasteiger partial charge in [-0.15, -0.1) is 0 Å². The lowest BCUT2D eigenvalue weighted by atomic mass is 10.2. The number of anilines is 1. The molecule has 2 aromatic heterocycles. The van der Waals surface area contributed by atoms with Gasteiger partial charge < -0.3 is 4.90 Å². The Morgan fingerprint density at radius 2 is 1.55 bits per heavy atom. The Bertz CT molecular complexity index is 1280. The molecule has 3 heterocycles. The molecule has 12 heteroatoms. The molecule has 0 aliphatic carbocycles. The molecule has 1 fully saturated rings. The van der Waals surface area contributed by atoms with Gasteiger partial charge in [-0.3, -0.25) is 0 Å². The lowest BCUT2D eigenvalue weighted by molar-refractivity contribution is -0.139. The molecule has 0 amide bonds. The highest BCUT2D eigenvalue weighted by Gasteiger charge is 2.39. The molecule has 8 nitrogen and oxygen atoms in total. The van der Waals surface area contributed by atoms with Gasteiger partial charge in [0.05, 0.1) is 16.2 Å². The Balaban J connectivity index is 1.56. The molecule has 0 spiro atoms. The van der Waals surface area contributed by atoms with Crippen molar-refractivity contribution in [3.8, 4) is 5.82 Å². The van der Waals surface area contributed by atoms with E-state index in [1.54, 1.807) is 17.7 Å². The summed E-state index contributed by atoms with van der Waals surface area (Å²) in [7, 11) is -4.30. The molecule has 1 saturated heterocycles. The second-order valence-electron chi connectivity index (χ2n) is 7.86. The average molecular weight is 481 g/mol. The van der Waals surface area contributed by atoms with Crippen molar-refractivity contribution in [2.75, 3.05) is 31.1 Å². The number of aryl methyl sites for hydroxylation is 3. The van der Waals surface area contributed by atoms with Gasteiger partial charge in [-0.25, -0.2) is 23.1 Å². The highest BCUT2D eigenvalue weighted by Crippen LogP contribution is 2.35. The van der Waals surface area contributed by atoms with Crippen LogP contribution in [0.3, 0.4) is 0 Å². The van der Waals surface area contributed by atoms with Crippen molar-refractivity contribution in [1.29, 1.82) is 0 Å². The normalized spacial score (nSPS) is 15.8. The number of hydrogen-bond donors (Lipinski definition) is 0. The molecule has 0 unspecified atom stereocenters. The quantitative estimate of drug-likeness (QED) is 0.571. The SMILES string of the molecule is Cc1cc(C)n(-c2cc(N3CCN(S(=O)(=O)c4ccccc4C(F)(F)F)CC3)nc(C)n2)n1. The molecule has 0 atom stereocenters. The number of alkyl halides is 3. The van der Waals surface area contributed by atoms with Gasteiger partial charge in [0.2, 0.25) is 10.0 Å². The van der Waals surface area contributed by atoms with Crippen molar-refractivity contribution in [3.05, 3.63) is 59.2 Å². The van der Waals surface area contributed by atoms with Gasteiger partial charge in [0.25, 0.3) is 0 Å². The Morgan fingerprint density at radius 1 is 0.909 bits per heavy atom. The van der Waals surface area contributed by atoms with E-state index in [0.29, 0.717) is 17.5 Å². The monoisotopic (exact) mass is 480 g/mol. The first-order valence-corrected chi connectivity index (χ1v) is 11.7. The molecular formula is C21H23F3N6O2S. The summed E-state index contributed by atoms with van der Waals surface area (Å²) in [4.78, 5) is 10.1. The Morgan fingerprint density at radius 3 is 2.15 bits per heavy atom. The topological polar surface area (TPSA) is 84.2 Å². The van der Waals surface area contributed by atoms with Crippen LogP contribution in [-0.4, -0.2) is 58.7 Å². The number of halogens is 3. The van der Waals surface area contributed by atoms with E-state index in [1.807, 2.05) is 24.8 Å². The molecule has 1 aromatic carbocycles. The van der Waals surface area contributed by atoms with Crippen LogP contribution in [0.25, 0.3) is 5.82 Å². The van der Waals surface area contributed by atoms with Crippen molar-refractivity contribution < 1.29 is 21.6 Å². The molecule has 33 heavy (non-hydrogen) atoms. The van der Waals surface area contributed by atoms with Crippen molar-refractivity contribution >= 4 is 15.8 Å². The van der Waals surface area contributed by atoms with E-state index in [1.165, 1.54) is 12.1 Å². The van der Waals surface area contributed by atoms with Crippen LogP contribution in [0.2, 0.25) is 0 Å². The van der Waals surface area contributed by atoms with Crippen LogP contribution in [0.15, 0.2) is 41.3 Å². The average Bonchev–Trinajstić information content (AvgIpc) is 3.11. The Labute approximate surface area is 189 Å². The standard InChI is InChI=1S/C21H23F3N6O2S/c1-14-12-15(2)30(27-14)20-13-19(25-16(3)26-20)28-8-10-29(11-9-28)33(31,32)18-7-5-4-6-17(18)21(22,23)24/h4-7,12-13H,8-11H2,1-3H3. The fourth-order valence-electron chi connectivity index (χ4n) is 3.89. The van der Waals surface area contributed by atoms with Crippen molar-refractivity contribution in [2.45, 2.75) is 31.8 Å². The molecule has 0 N–H and O–H groups in total. The number of hydrogen-bond acceptors (Lipinski definition) is 6. The molecule has 0 bridgehead atoms. The van der Waals surface area contributed by atoms with E-state index >= 15 is 0 Å². The van der Waals surface area contributed by atoms with E-state index in [0.717, 1.165) is 27.8 Å². The number of piperazine rings is 1. The molecule has 1 aliphatic rings. The smallest absolute Gasteiger partial charge is 0.354 e. The fraction of sp³-hybridized carbons (Fsp3) is 0.381. The molecule has 176 valence electrons. The lowest BCUT2D eigenvalue weighted by Gasteiger charge is -2.35. The van der Waals surface area contributed by atoms with Gasteiger partial charge in [-0.1, -0.05) is 12.1 Å². The summed E-state index contributed by atoms with van der Waals surface area (Å²) in [6, 6.07) is 7.96. The van der Waals surface area contributed by atoms with E-state index < -0.39 is 26.7 Å². The minimum absolute atomic E-state index is 0.0345. The zero-order valence-corrected chi connectivity index (χ0v) is 19.2. The van der Waals surface area contributed by atoms with E-state index in [4.69, 9.17) is 0 Å². The minimum Gasteiger partial charge on any atom is -0.354 e. The van der Waals surface area contributed by atoms with Gasteiger partial charge in [0, 0.05) is 37.9 Å². The highest BCUT2D eigenvalue weighted by molar-refractivity contribution is 7.89. The van der Waals surface area contributed by atoms with Crippen molar-refractivity contribution in [3.63, 3.8) is 0 Å². The fourth-order valence-corrected chi connectivity index (χ4v) is 5.52. The van der Waals surface area contributed by atoms with Crippen molar-refractivity contribution in [1.82, 2.24) is 24.1 Å². The first-order chi connectivity index (χ1) is 15.5. The second kappa shape index (κ2) is 8.41. The maximum atomic E-state index is 13.4. The molecule has 3 aromatic rings. The predicted molar refractivity (Wildman–Crippen MR) is 116 cm³/mol. The van der Waals surface area contributed by atoms with Crippen LogP contribution in [0.4, 0.5) is 19.0 Å². The Kier molecular flexibility index (Phi) is 5.91. The van der Waals surface area contributed by atoms with Gasteiger partial charge in [0.1, 0.15) is 11.6 Å². The summed E-state index contributed by atoms with van der Waals surface area (Å²) in [5, 5.41) is 4.44. The summed E-state index contributed by atoms with van der Waals surface area (Å²) in [5.74, 6) is 1.74. The third-order valence-electron chi connectivity index (χ3n) is 5.41. The van der Waals surface area contributed by atoms with Gasteiger partial charge in [-0.05, 0) is 39.0 Å². The maximum Gasteiger partial charge on any atom is 0.417 e. The number of benzene rings is 1. The summed E-state index contributed by atoms with van der Waals surface area (Å²) in [6.45, 7) is 6.18. The van der Waals surface area contributed by atoms with E-state index in [9.17, 15) is 21.6 Å².